The lowest BCUT2D eigenvalue weighted by Gasteiger charge is -2.34. The highest BCUT2D eigenvalue weighted by molar-refractivity contribution is 7.27. The van der Waals surface area contributed by atoms with Crippen molar-refractivity contribution in [3.63, 3.8) is 0 Å². The summed E-state index contributed by atoms with van der Waals surface area (Å²) in [7, 11) is 0. The van der Waals surface area contributed by atoms with E-state index in [9.17, 15) is 0 Å². The SMILES string of the molecule is Cc1cc2c3c(c1)-n1c4oc5ccccc5c4c4cccc(c41)B3n1c3c-2cccc3c2sc3ccccc3c21. The zero-order chi connectivity index (χ0) is 25.9. The van der Waals surface area contributed by atoms with E-state index in [2.05, 4.69) is 113 Å². The minimum absolute atomic E-state index is 0.0833. The van der Waals surface area contributed by atoms with E-state index in [1.165, 1.54) is 86.2 Å². The van der Waals surface area contributed by atoms with Crippen molar-refractivity contribution in [2.75, 3.05) is 0 Å². The molecule has 3 nitrogen and oxygen atoms in total. The van der Waals surface area contributed by atoms with Crippen LogP contribution in [0.4, 0.5) is 0 Å². The Morgan fingerprint density at radius 2 is 1.50 bits per heavy atom. The van der Waals surface area contributed by atoms with Crippen LogP contribution in [0.25, 0.3) is 81.0 Å². The Balaban J connectivity index is 1.43. The maximum atomic E-state index is 6.66. The molecule has 11 rings (SSSR count). The number of fused-ring (bicyclic) bond motifs is 14. The van der Waals surface area contributed by atoms with Gasteiger partial charge in [-0.1, -0.05) is 78.9 Å². The van der Waals surface area contributed by atoms with Gasteiger partial charge in [-0.05, 0) is 47.2 Å². The van der Waals surface area contributed by atoms with Gasteiger partial charge in [-0.2, -0.15) is 0 Å². The molecule has 9 aromatic rings. The monoisotopic (exact) mass is 526 g/mol. The molecule has 0 spiro atoms. The van der Waals surface area contributed by atoms with Gasteiger partial charge in [-0.25, -0.2) is 0 Å². The third-order valence-electron chi connectivity index (χ3n) is 9.33. The number of para-hydroxylation sites is 3. The fourth-order valence-corrected chi connectivity index (χ4v) is 9.16. The lowest BCUT2D eigenvalue weighted by atomic mass is 9.45. The zero-order valence-electron chi connectivity index (χ0n) is 21.5. The Bertz CT molecular complexity index is 2630. The minimum Gasteiger partial charge on any atom is -0.439 e. The number of thiophene rings is 1. The third-order valence-corrected chi connectivity index (χ3v) is 10.5. The van der Waals surface area contributed by atoms with Crippen LogP contribution in [0.15, 0.2) is 101 Å². The number of nitrogens with zero attached hydrogens (tertiary/aromatic N) is 2. The van der Waals surface area contributed by atoms with E-state index in [0.29, 0.717) is 0 Å². The van der Waals surface area contributed by atoms with E-state index >= 15 is 0 Å². The van der Waals surface area contributed by atoms with Crippen molar-refractivity contribution in [1.29, 1.82) is 0 Å². The van der Waals surface area contributed by atoms with Crippen molar-refractivity contribution in [3.05, 3.63) is 103 Å². The molecule has 0 saturated carbocycles. The van der Waals surface area contributed by atoms with Crippen LogP contribution in [-0.4, -0.2) is 15.9 Å². The summed E-state index contributed by atoms with van der Waals surface area (Å²) in [5.41, 5.74) is 13.7. The van der Waals surface area contributed by atoms with Crippen molar-refractivity contribution in [3.8, 4) is 16.8 Å². The summed E-state index contributed by atoms with van der Waals surface area (Å²) in [6.45, 7) is 2.31. The fourth-order valence-electron chi connectivity index (χ4n) is 7.94. The first-order valence-electron chi connectivity index (χ1n) is 13.8. The largest absolute Gasteiger partial charge is 0.439 e. The molecular formula is C35H19BN2OS. The number of aryl methyl sites for hydroxylation is 1. The van der Waals surface area contributed by atoms with Crippen molar-refractivity contribution in [2.24, 2.45) is 0 Å². The maximum Gasteiger partial charge on any atom is 0.333 e. The van der Waals surface area contributed by atoms with Crippen molar-refractivity contribution in [2.45, 2.75) is 6.92 Å². The summed E-state index contributed by atoms with van der Waals surface area (Å²) in [5, 5.41) is 6.35. The second-order valence-electron chi connectivity index (χ2n) is 11.4. The number of hydrogen-bond acceptors (Lipinski definition) is 2. The van der Waals surface area contributed by atoms with Crippen LogP contribution in [0, 0.1) is 6.92 Å². The fraction of sp³-hybridized carbons (Fsp3) is 0.0286. The number of aromatic nitrogens is 2. The van der Waals surface area contributed by atoms with E-state index in [1.807, 2.05) is 11.3 Å². The smallest absolute Gasteiger partial charge is 0.333 e. The normalized spacial score (nSPS) is 13.6. The van der Waals surface area contributed by atoms with Crippen molar-refractivity contribution < 1.29 is 4.42 Å². The van der Waals surface area contributed by atoms with Gasteiger partial charge < -0.3 is 8.90 Å². The zero-order valence-corrected chi connectivity index (χ0v) is 22.3. The summed E-state index contributed by atoms with van der Waals surface area (Å²) < 4.78 is 14.5. The third kappa shape index (κ3) is 2.07. The van der Waals surface area contributed by atoms with E-state index < -0.39 is 0 Å². The Morgan fingerprint density at radius 1 is 0.700 bits per heavy atom. The highest BCUT2D eigenvalue weighted by Gasteiger charge is 2.42. The summed E-state index contributed by atoms with van der Waals surface area (Å²) in [6, 6.07) is 35.9. The molecule has 0 saturated heterocycles. The summed E-state index contributed by atoms with van der Waals surface area (Å²) in [4.78, 5) is 0. The van der Waals surface area contributed by atoms with Gasteiger partial charge in [0.05, 0.1) is 21.1 Å². The molecule has 184 valence electrons. The Hall–Kier alpha value is -4.74. The molecule has 2 aliphatic rings. The molecule has 6 heterocycles. The highest BCUT2D eigenvalue weighted by Crippen LogP contribution is 2.48. The molecule has 2 aliphatic heterocycles. The van der Waals surface area contributed by atoms with Gasteiger partial charge in [0.2, 0.25) is 5.71 Å². The van der Waals surface area contributed by atoms with Crippen molar-refractivity contribution in [1.82, 2.24) is 9.05 Å². The first-order valence-corrected chi connectivity index (χ1v) is 14.6. The molecular weight excluding hydrogens is 507 g/mol. The molecule has 0 amide bonds. The lowest BCUT2D eigenvalue weighted by Crippen LogP contribution is -2.55. The molecule has 0 radical (unpaired) electrons. The van der Waals surface area contributed by atoms with E-state index in [4.69, 9.17) is 4.42 Å². The number of hydrogen-bond donors (Lipinski definition) is 0. The van der Waals surface area contributed by atoms with Crippen LogP contribution in [0.3, 0.4) is 0 Å². The van der Waals surface area contributed by atoms with Crippen LogP contribution in [0.2, 0.25) is 0 Å². The predicted octanol–water partition coefficient (Wildman–Crippen LogP) is 8.11. The number of furan rings is 1. The van der Waals surface area contributed by atoms with Crippen LogP contribution >= 0.6 is 11.3 Å². The predicted molar refractivity (Wildman–Crippen MR) is 170 cm³/mol. The van der Waals surface area contributed by atoms with Gasteiger partial charge in [0.15, 0.2) is 0 Å². The number of rotatable bonds is 0. The lowest BCUT2D eigenvalue weighted by molar-refractivity contribution is 0.645. The Morgan fingerprint density at radius 3 is 2.45 bits per heavy atom. The molecule has 5 aromatic carbocycles. The van der Waals surface area contributed by atoms with Crippen LogP contribution < -0.4 is 10.9 Å². The Labute approximate surface area is 232 Å². The molecule has 4 aromatic heterocycles. The van der Waals surface area contributed by atoms with E-state index in [-0.39, 0.29) is 6.85 Å². The molecule has 0 N–H and O–H groups in total. The van der Waals surface area contributed by atoms with Gasteiger partial charge in [-0.3, -0.25) is 4.57 Å². The standard InChI is InChI=1S/C35H19BN2OS/c1-18-16-24-19-10-6-12-23-31(19)38(33-21-9-3-5-15-28(21)40-34(23)33)36-25-13-7-11-22-29-20-8-2-4-14-27(20)39-35(29)37(32(22)25)26(17-18)30(24)36/h2-17H,1H3. The van der Waals surface area contributed by atoms with Gasteiger partial charge in [0, 0.05) is 43.0 Å². The summed E-state index contributed by atoms with van der Waals surface area (Å²) in [6.07, 6.45) is 0. The maximum absolute atomic E-state index is 6.66. The minimum atomic E-state index is 0.0833. The van der Waals surface area contributed by atoms with Crippen LogP contribution in [-0.2, 0) is 0 Å². The number of benzene rings is 5. The van der Waals surface area contributed by atoms with Gasteiger partial charge >= 0.3 is 6.85 Å². The first kappa shape index (κ1) is 20.2. The molecule has 40 heavy (non-hydrogen) atoms. The highest BCUT2D eigenvalue weighted by atomic mass is 32.1. The molecule has 0 fully saturated rings. The van der Waals surface area contributed by atoms with Gasteiger partial charge in [-0.15, -0.1) is 11.3 Å². The van der Waals surface area contributed by atoms with Crippen molar-refractivity contribution >= 4 is 93.3 Å². The average molecular weight is 526 g/mol. The topological polar surface area (TPSA) is 23.0 Å². The molecule has 0 aliphatic carbocycles. The quantitative estimate of drug-likeness (QED) is 0.183. The van der Waals surface area contributed by atoms with Gasteiger partial charge in [0.1, 0.15) is 5.58 Å². The molecule has 0 unspecified atom stereocenters. The average Bonchev–Trinajstić information content (AvgIpc) is 3.71. The molecule has 0 atom stereocenters. The first-order chi connectivity index (χ1) is 19.8. The van der Waals surface area contributed by atoms with E-state index in [1.54, 1.807) is 0 Å². The molecule has 5 heteroatoms. The second-order valence-corrected chi connectivity index (χ2v) is 12.4. The molecule has 0 bridgehead atoms. The Kier molecular flexibility index (Phi) is 3.29. The van der Waals surface area contributed by atoms with Crippen LogP contribution in [0.1, 0.15) is 5.56 Å². The summed E-state index contributed by atoms with van der Waals surface area (Å²) in [5.74, 6) is 0. The van der Waals surface area contributed by atoms with Gasteiger partial charge in [0.25, 0.3) is 0 Å². The van der Waals surface area contributed by atoms with Crippen LogP contribution in [0.5, 0.6) is 0 Å². The van der Waals surface area contributed by atoms with E-state index in [0.717, 1.165) is 11.3 Å². The summed E-state index contributed by atoms with van der Waals surface area (Å²) >= 11 is 1.92. The second kappa shape index (κ2) is 6.52.